The molecule has 0 aromatic carbocycles. The fraction of sp³-hybridized carbons (Fsp3) is 0.643. The molecule has 0 amide bonds. The molecule has 0 saturated heterocycles. The van der Waals surface area contributed by atoms with Gasteiger partial charge in [0.2, 0.25) is 0 Å². The number of hydrogen-bond acceptors (Lipinski definition) is 3. The van der Waals surface area contributed by atoms with Gasteiger partial charge in [0.05, 0.1) is 12.6 Å². The van der Waals surface area contributed by atoms with E-state index >= 15 is 0 Å². The Labute approximate surface area is 142 Å². The summed E-state index contributed by atoms with van der Waals surface area (Å²) in [4.78, 5) is 5.98. The third kappa shape index (κ3) is 6.41. The second-order valence-corrected chi connectivity index (χ2v) is 5.91. The average Bonchev–Trinajstić information content (AvgIpc) is 3.07. The van der Waals surface area contributed by atoms with Gasteiger partial charge in [0.15, 0.2) is 5.96 Å². The first-order valence-electron chi connectivity index (χ1n) is 6.86. The zero-order valence-corrected chi connectivity index (χ0v) is 15.2. The second kappa shape index (κ2) is 9.57. The maximum atomic E-state index is 5.06. The molecule has 0 spiro atoms. The zero-order valence-electron chi connectivity index (χ0n) is 12.1. The molecular weight excluding hydrogens is 385 g/mol. The molecule has 4 nitrogen and oxygen atoms in total. The smallest absolute Gasteiger partial charge is 0.191 e. The van der Waals surface area contributed by atoms with E-state index in [0.29, 0.717) is 6.61 Å². The van der Waals surface area contributed by atoms with Gasteiger partial charge in [-0.25, -0.2) is 0 Å². The molecule has 1 aliphatic rings. The summed E-state index contributed by atoms with van der Waals surface area (Å²) in [6, 6.07) is 4.51. The molecule has 1 aliphatic carbocycles. The van der Waals surface area contributed by atoms with Crippen LogP contribution in [-0.2, 0) is 4.74 Å². The highest BCUT2D eigenvalue weighted by atomic mass is 127. The number of rotatable bonds is 7. The van der Waals surface area contributed by atoms with Crippen LogP contribution in [0.25, 0.3) is 0 Å². The van der Waals surface area contributed by atoms with Gasteiger partial charge in [-0.05, 0) is 37.1 Å². The number of ether oxygens (including phenoxy) is 1. The van der Waals surface area contributed by atoms with Crippen molar-refractivity contribution < 1.29 is 4.74 Å². The predicted octanol–water partition coefficient (Wildman–Crippen LogP) is 3.02. The first kappa shape index (κ1) is 17.7. The van der Waals surface area contributed by atoms with Gasteiger partial charge in [-0.15, -0.1) is 35.3 Å². The standard InChI is InChI=1S/C14H23N3OS.HI/c1-11(13-4-3-9-19-13)17-14(15-7-8-18-2)16-10-12-5-6-12;/h3-4,9,11-12H,5-8,10H2,1-2H3,(H2,15,16,17);1H. The number of thiophene rings is 1. The number of nitrogens with one attached hydrogen (secondary N) is 2. The normalized spacial score (nSPS) is 16.4. The van der Waals surface area contributed by atoms with Crippen molar-refractivity contribution in [2.75, 3.05) is 26.8 Å². The molecule has 1 aromatic rings. The number of aliphatic imine (C=N–C) groups is 1. The number of guanidine groups is 1. The van der Waals surface area contributed by atoms with Crippen molar-refractivity contribution in [1.82, 2.24) is 10.6 Å². The summed E-state index contributed by atoms with van der Waals surface area (Å²) >= 11 is 1.77. The van der Waals surface area contributed by atoms with Gasteiger partial charge in [0.25, 0.3) is 0 Å². The van der Waals surface area contributed by atoms with Gasteiger partial charge >= 0.3 is 0 Å². The maximum absolute atomic E-state index is 5.06. The van der Waals surface area contributed by atoms with E-state index in [9.17, 15) is 0 Å². The van der Waals surface area contributed by atoms with Crippen molar-refractivity contribution >= 4 is 41.3 Å². The monoisotopic (exact) mass is 409 g/mol. The molecule has 20 heavy (non-hydrogen) atoms. The summed E-state index contributed by atoms with van der Waals surface area (Å²) in [5.74, 6) is 1.70. The predicted molar refractivity (Wildman–Crippen MR) is 96.2 cm³/mol. The third-order valence-electron chi connectivity index (χ3n) is 3.13. The van der Waals surface area contributed by atoms with Crippen molar-refractivity contribution in [1.29, 1.82) is 0 Å². The average molecular weight is 409 g/mol. The molecule has 114 valence electrons. The number of methoxy groups -OCH3 is 1. The quantitative estimate of drug-likeness (QED) is 0.315. The van der Waals surface area contributed by atoms with Crippen LogP contribution in [0, 0.1) is 5.92 Å². The second-order valence-electron chi connectivity index (χ2n) is 4.93. The highest BCUT2D eigenvalue weighted by Crippen LogP contribution is 2.28. The Bertz CT molecular complexity index is 393. The van der Waals surface area contributed by atoms with E-state index in [1.54, 1.807) is 18.4 Å². The Morgan fingerprint density at radius 2 is 2.35 bits per heavy atom. The Kier molecular flexibility index (Phi) is 8.47. The Morgan fingerprint density at radius 3 is 2.95 bits per heavy atom. The molecular formula is C14H24IN3OS. The van der Waals surface area contributed by atoms with Crippen molar-refractivity contribution in [2.45, 2.75) is 25.8 Å². The topological polar surface area (TPSA) is 45.6 Å². The van der Waals surface area contributed by atoms with Gasteiger partial charge in [-0.2, -0.15) is 0 Å². The van der Waals surface area contributed by atoms with Gasteiger partial charge in [0, 0.05) is 25.1 Å². The van der Waals surface area contributed by atoms with Gasteiger partial charge in [-0.3, -0.25) is 4.99 Å². The van der Waals surface area contributed by atoms with Gasteiger partial charge < -0.3 is 15.4 Å². The number of hydrogen-bond donors (Lipinski definition) is 2. The minimum atomic E-state index is 0. The molecule has 2 N–H and O–H groups in total. The lowest BCUT2D eigenvalue weighted by atomic mass is 10.3. The molecule has 0 radical (unpaired) electrons. The molecule has 0 bridgehead atoms. The SMILES string of the molecule is COCCNC(=NCC1CC1)NC(C)c1cccs1.I. The van der Waals surface area contributed by atoms with E-state index in [1.165, 1.54) is 17.7 Å². The van der Waals surface area contributed by atoms with Crippen LogP contribution in [0.2, 0.25) is 0 Å². The summed E-state index contributed by atoms with van der Waals surface area (Å²) < 4.78 is 5.06. The molecule has 1 atom stereocenters. The first-order chi connectivity index (χ1) is 9.29. The summed E-state index contributed by atoms with van der Waals surface area (Å²) in [7, 11) is 1.71. The van der Waals surface area contributed by atoms with E-state index in [-0.39, 0.29) is 30.0 Å². The fourth-order valence-electron chi connectivity index (χ4n) is 1.76. The van der Waals surface area contributed by atoms with Crippen molar-refractivity contribution in [3.8, 4) is 0 Å². The number of nitrogens with zero attached hydrogens (tertiary/aromatic N) is 1. The largest absolute Gasteiger partial charge is 0.383 e. The van der Waals surface area contributed by atoms with Crippen molar-refractivity contribution in [3.05, 3.63) is 22.4 Å². The molecule has 1 unspecified atom stereocenters. The van der Waals surface area contributed by atoms with E-state index in [2.05, 4.69) is 40.1 Å². The molecule has 2 rings (SSSR count). The van der Waals surface area contributed by atoms with Crippen LogP contribution in [0.1, 0.15) is 30.7 Å². The highest BCUT2D eigenvalue weighted by Gasteiger charge is 2.21. The zero-order chi connectivity index (χ0) is 13.5. The minimum Gasteiger partial charge on any atom is -0.383 e. The summed E-state index contributed by atoms with van der Waals surface area (Å²) in [6.45, 7) is 4.57. The molecule has 1 heterocycles. The van der Waals surface area contributed by atoms with Gasteiger partial charge in [-0.1, -0.05) is 6.07 Å². The summed E-state index contributed by atoms with van der Waals surface area (Å²) in [5.41, 5.74) is 0. The van der Waals surface area contributed by atoms with Crippen LogP contribution in [0.5, 0.6) is 0 Å². The van der Waals surface area contributed by atoms with Crippen molar-refractivity contribution in [2.24, 2.45) is 10.9 Å². The Balaban J connectivity index is 0.00000200. The molecule has 1 fully saturated rings. The Hall–Kier alpha value is -0.340. The van der Waals surface area contributed by atoms with Crippen LogP contribution < -0.4 is 10.6 Å². The van der Waals surface area contributed by atoms with E-state index in [1.807, 2.05) is 0 Å². The Morgan fingerprint density at radius 1 is 1.55 bits per heavy atom. The lowest BCUT2D eigenvalue weighted by molar-refractivity contribution is 0.203. The minimum absolute atomic E-state index is 0. The van der Waals surface area contributed by atoms with Gasteiger partial charge in [0.1, 0.15) is 0 Å². The maximum Gasteiger partial charge on any atom is 0.191 e. The molecule has 1 saturated carbocycles. The van der Waals surface area contributed by atoms with E-state index in [4.69, 9.17) is 4.74 Å². The van der Waals surface area contributed by atoms with E-state index in [0.717, 1.165) is 25.0 Å². The molecule has 0 aliphatic heterocycles. The van der Waals surface area contributed by atoms with E-state index < -0.39 is 0 Å². The summed E-state index contributed by atoms with van der Waals surface area (Å²) in [6.07, 6.45) is 2.66. The fourth-order valence-corrected chi connectivity index (χ4v) is 2.49. The third-order valence-corrected chi connectivity index (χ3v) is 4.18. The van der Waals surface area contributed by atoms with Crippen LogP contribution in [0.3, 0.4) is 0 Å². The highest BCUT2D eigenvalue weighted by molar-refractivity contribution is 14.0. The van der Waals surface area contributed by atoms with Crippen LogP contribution in [0.15, 0.2) is 22.5 Å². The van der Waals surface area contributed by atoms with Crippen LogP contribution in [-0.4, -0.2) is 32.8 Å². The van der Waals surface area contributed by atoms with Crippen molar-refractivity contribution in [3.63, 3.8) is 0 Å². The number of halogens is 1. The first-order valence-corrected chi connectivity index (χ1v) is 7.74. The lowest BCUT2D eigenvalue weighted by Crippen LogP contribution is -2.40. The molecule has 1 aromatic heterocycles. The molecule has 6 heteroatoms. The van der Waals surface area contributed by atoms with Crippen LogP contribution in [0.4, 0.5) is 0 Å². The lowest BCUT2D eigenvalue weighted by Gasteiger charge is -2.17. The summed E-state index contributed by atoms with van der Waals surface area (Å²) in [5, 5.41) is 8.87. The van der Waals surface area contributed by atoms with Crippen LogP contribution >= 0.6 is 35.3 Å².